The van der Waals surface area contributed by atoms with Crippen molar-refractivity contribution in [2.75, 3.05) is 46.5 Å². The standard InChI is InChI=1S/C14H21N3O3S/c1-19-4-5-20-12-6-11-7-17(3-2-16(11)8-12)14(18)13-9-21-10-15-13/h9-12H,2-8H2,1H3/t11-,12-/m1/s1. The van der Waals surface area contributed by atoms with Crippen molar-refractivity contribution < 1.29 is 14.3 Å². The molecule has 116 valence electrons. The van der Waals surface area contributed by atoms with Gasteiger partial charge in [0.05, 0.1) is 24.8 Å². The fraction of sp³-hybridized carbons (Fsp3) is 0.714. The molecule has 3 heterocycles. The maximum atomic E-state index is 12.3. The van der Waals surface area contributed by atoms with Gasteiger partial charge >= 0.3 is 0 Å². The Morgan fingerprint density at radius 3 is 3.10 bits per heavy atom. The minimum atomic E-state index is 0.0552. The third-order valence-electron chi connectivity index (χ3n) is 4.16. The lowest BCUT2D eigenvalue weighted by Crippen LogP contribution is -2.52. The number of carbonyl (C=O) groups excluding carboxylic acids is 1. The van der Waals surface area contributed by atoms with Crippen molar-refractivity contribution in [2.24, 2.45) is 0 Å². The molecule has 2 aliphatic heterocycles. The molecule has 6 nitrogen and oxygen atoms in total. The Bertz CT molecular complexity index is 468. The molecule has 0 aromatic carbocycles. The second-order valence-corrected chi connectivity index (χ2v) is 6.21. The van der Waals surface area contributed by atoms with E-state index in [1.807, 2.05) is 10.3 Å². The van der Waals surface area contributed by atoms with Crippen molar-refractivity contribution in [3.05, 3.63) is 16.6 Å². The van der Waals surface area contributed by atoms with E-state index in [0.717, 1.165) is 32.6 Å². The highest BCUT2D eigenvalue weighted by atomic mass is 32.1. The van der Waals surface area contributed by atoms with Gasteiger partial charge in [-0.15, -0.1) is 11.3 Å². The summed E-state index contributed by atoms with van der Waals surface area (Å²) in [4.78, 5) is 20.8. The van der Waals surface area contributed by atoms with Gasteiger partial charge in [0.25, 0.3) is 5.91 Å². The Morgan fingerprint density at radius 1 is 1.43 bits per heavy atom. The van der Waals surface area contributed by atoms with E-state index >= 15 is 0 Å². The minimum Gasteiger partial charge on any atom is -0.382 e. The molecular weight excluding hydrogens is 290 g/mol. The van der Waals surface area contributed by atoms with Crippen molar-refractivity contribution in [3.63, 3.8) is 0 Å². The number of thiazole rings is 1. The van der Waals surface area contributed by atoms with Crippen LogP contribution in [0.15, 0.2) is 10.9 Å². The summed E-state index contributed by atoms with van der Waals surface area (Å²) in [6, 6.07) is 0.411. The van der Waals surface area contributed by atoms with Gasteiger partial charge in [0.2, 0.25) is 0 Å². The van der Waals surface area contributed by atoms with Gasteiger partial charge in [-0.25, -0.2) is 4.98 Å². The maximum Gasteiger partial charge on any atom is 0.273 e. The molecular formula is C14H21N3O3S. The van der Waals surface area contributed by atoms with Crippen molar-refractivity contribution in [1.29, 1.82) is 0 Å². The first kappa shape index (κ1) is 14.9. The van der Waals surface area contributed by atoms with Gasteiger partial charge in [-0.05, 0) is 6.42 Å². The van der Waals surface area contributed by atoms with Crippen LogP contribution in [-0.2, 0) is 9.47 Å². The molecule has 1 aromatic heterocycles. The third-order valence-corrected chi connectivity index (χ3v) is 4.74. The summed E-state index contributed by atoms with van der Waals surface area (Å²) in [5.74, 6) is 0.0552. The molecule has 2 aliphatic rings. The van der Waals surface area contributed by atoms with E-state index < -0.39 is 0 Å². The van der Waals surface area contributed by atoms with Gasteiger partial charge in [0, 0.05) is 44.7 Å². The quantitative estimate of drug-likeness (QED) is 0.750. The molecule has 2 fully saturated rings. The molecule has 0 aliphatic carbocycles. The summed E-state index contributed by atoms with van der Waals surface area (Å²) in [6.45, 7) is 4.72. The summed E-state index contributed by atoms with van der Waals surface area (Å²) in [6.07, 6.45) is 1.25. The number of ether oxygens (including phenoxy) is 2. The van der Waals surface area contributed by atoms with E-state index in [0.29, 0.717) is 24.9 Å². The number of hydrogen-bond acceptors (Lipinski definition) is 6. The Morgan fingerprint density at radius 2 is 2.33 bits per heavy atom. The van der Waals surface area contributed by atoms with Crippen LogP contribution in [0, 0.1) is 0 Å². The van der Waals surface area contributed by atoms with Gasteiger partial charge in [0.15, 0.2) is 0 Å². The molecule has 0 radical (unpaired) electrons. The number of nitrogens with zero attached hydrogens (tertiary/aromatic N) is 3. The highest BCUT2D eigenvalue weighted by Crippen LogP contribution is 2.24. The number of methoxy groups -OCH3 is 1. The molecule has 2 atom stereocenters. The largest absolute Gasteiger partial charge is 0.382 e. The minimum absolute atomic E-state index is 0.0552. The number of rotatable bonds is 5. The number of carbonyl (C=O) groups is 1. The van der Waals surface area contributed by atoms with E-state index in [1.54, 1.807) is 12.6 Å². The zero-order valence-corrected chi connectivity index (χ0v) is 13.1. The highest BCUT2D eigenvalue weighted by molar-refractivity contribution is 7.07. The van der Waals surface area contributed by atoms with E-state index in [-0.39, 0.29) is 12.0 Å². The molecule has 1 amide bonds. The fourth-order valence-corrected chi connectivity index (χ4v) is 3.61. The molecule has 1 aromatic rings. The normalized spacial score (nSPS) is 26.0. The van der Waals surface area contributed by atoms with Crippen LogP contribution in [0.1, 0.15) is 16.9 Å². The van der Waals surface area contributed by atoms with Crippen molar-refractivity contribution in [1.82, 2.24) is 14.8 Å². The molecule has 3 rings (SSSR count). The smallest absolute Gasteiger partial charge is 0.273 e. The van der Waals surface area contributed by atoms with Crippen LogP contribution >= 0.6 is 11.3 Å². The van der Waals surface area contributed by atoms with Crippen LogP contribution in [-0.4, -0.2) is 79.3 Å². The van der Waals surface area contributed by atoms with Crippen LogP contribution in [0.5, 0.6) is 0 Å². The van der Waals surface area contributed by atoms with Gasteiger partial charge in [0.1, 0.15) is 5.69 Å². The number of hydrogen-bond donors (Lipinski definition) is 0. The summed E-state index contributed by atoms with van der Waals surface area (Å²) < 4.78 is 10.8. The predicted octanol–water partition coefficient (Wildman–Crippen LogP) is 0.705. The maximum absolute atomic E-state index is 12.3. The summed E-state index contributed by atoms with van der Waals surface area (Å²) >= 11 is 1.46. The van der Waals surface area contributed by atoms with Crippen molar-refractivity contribution >= 4 is 17.2 Å². The van der Waals surface area contributed by atoms with E-state index in [4.69, 9.17) is 9.47 Å². The first-order valence-electron chi connectivity index (χ1n) is 7.30. The van der Waals surface area contributed by atoms with Crippen LogP contribution in [0.4, 0.5) is 0 Å². The van der Waals surface area contributed by atoms with Crippen molar-refractivity contribution in [3.8, 4) is 0 Å². The first-order chi connectivity index (χ1) is 10.3. The Labute approximate surface area is 128 Å². The topological polar surface area (TPSA) is 54.9 Å². The van der Waals surface area contributed by atoms with Gasteiger partial charge in [-0.2, -0.15) is 0 Å². The summed E-state index contributed by atoms with van der Waals surface area (Å²) in [5, 5.41) is 1.82. The third kappa shape index (κ3) is 3.42. The molecule has 7 heteroatoms. The monoisotopic (exact) mass is 311 g/mol. The fourth-order valence-electron chi connectivity index (χ4n) is 3.08. The number of fused-ring (bicyclic) bond motifs is 1. The average Bonchev–Trinajstić information content (AvgIpc) is 3.15. The Hall–Kier alpha value is -1.02. The zero-order valence-electron chi connectivity index (χ0n) is 12.2. The highest BCUT2D eigenvalue weighted by Gasteiger charge is 2.38. The number of piperazine rings is 1. The molecule has 0 saturated carbocycles. The lowest BCUT2D eigenvalue weighted by atomic mass is 10.1. The molecule has 0 bridgehead atoms. The molecule has 0 unspecified atom stereocenters. The average molecular weight is 311 g/mol. The van der Waals surface area contributed by atoms with Crippen LogP contribution in [0.25, 0.3) is 0 Å². The lowest BCUT2D eigenvalue weighted by Gasteiger charge is -2.36. The van der Waals surface area contributed by atoms with Crippen LogP contribution in [0.3, 0.4) is 0 Å². The van der Waals surface area contributed by atoms with Gasteiger partial charge in [-0.1, -0.05) is 0 Å². The summed E-state index contributed by atoms with van der Waals surface area (Å²) in [7, 11) is 1.68. The molecule has 2 saturated heterocycles. The Kier molecular flexibility index (Phi) is 4.84. The van der Waals surface area contributed by atoms with Crippen molar-refractivity contribution in [2.45, 2.75) is 18.6 Å². The number of amides is 1. The molecule has 21 heavy (non-hydrogen) atoms. The SMILES string of the molecule is COCCO[C@@H]1C[C@@H]2CN(C(=O)c3cscn3)CCN2C1. The lowest BCUT2D eigenvalue weighted by molar-refractivity contribution is 0.0220. The van der Waals surface area contributed by atoms with Gasteiger partial charge < -0.3 is 14.4 Å². The second kappa shape index (κ2) is 6.83. The number of aromatic nitrogens is 1. The van der Waals surface area contributed by atoms with Crippen LogP contribution < -0.4 is 0 Å². The zero-order chi connectivity index (χ0) is 14.7. The Balaban J connectivity index is 1.53. The molecule has 0 spiro atoms. The van der Waals surface area contributed by atoms with Gasteiger partial charge in [-0.3, -0.25) is 9.69 Å². The van der Waals surface area contributed by atoms with E-state index in [1.165, 1.54) is 11.3 Å². The predicted molar refractivity (Wildman–Crippen MR) is 79.6 cm³/mol. The van der Waals surface area contributed by atoms with Crippen LogP contribution in [0.2, 0.25) is 0 Å². The second-order valence-electron chi connectivity index (χ2n) is 5.49. The van der Waals surface area contributed by atoms with E-state index in [9.17, 15) is 4.79 Å². The first-order valence-corrected chi connectivity index (χ1v) is 8.24. The summed E-state index contributed by atoms with van der Waals surface area (Å²) in [5.41, 5.74) is 2.28. The molecule has 0 N–H and O–H groups in total. The van der Waals surface area contributed by atoms with E-state index in [2.05, 4.69) is 9.88 Å².